The molecule has 1 aromatic heterocycles. The smallest absolute Gasteiger partial charge is 0.266 e. The molecule has 0 saturated heterocycles. The van der Waals surface area contributed by atoms with Crippen molar-refractivity contribution in [3.63, 3.8) is 0 Å². The fourth-order valence-corrected chi connectivity index (χ4v) is 4.37. The van der Waals surface area contributed by atoms with Crippen LogP contribution in [0.25, 0.3) is 0 Å². The van der Waals surface area contributed by atoms with E-state index in [0.717, 1.165) is 4.31 Å². The number of nitrogens with zero attached hydrogens (tertiary/aromatic N) is 3. The Hall–Kier alpha value is -1.93. The highest BCUT2D eigenvalue weighted by molar-refractivity contribution is 7.93. The van der Waals surface area contributed by atoms with E-state index in [4.69, 9.17) is 0 Å². The first-order chi connectivity index (χ1) is 11.0. The third-order valence-electron chi connectivity index (χ3n) is 3.36. The maximum absolute atomic E-state index is 12.9. The van der Waals surface area contributed by atoms with Gasteiger partial charge in [0.2, 0.25) is 5.91 Å². The summed E-state index contributed by atoms with van der Waals surface area (Å²) in [4.78, 5) is 18.2. The van der Waals surface area contributed by atoms with E-state index in [1.807, 2.05) is 13.8 Å². The Morgan fingerprint density at radius 3 is 2.35 bits per heavy atom. The van der Waals surface area contributed by atoms with Crippen LogP contribution in [0, 0.1) is 0 Å². The molecule has 0 aliphatic carbocycles. The van der Waals surface area contributed by atoms with Gasteiger partial charge in [-0.25, -0.2) is 17.7 Å². The standard InChI is InChI=1S/C15H19N3O3S2/c1-3-17(4-2)14(19)12-18(15-16-10-11-22-15)23(20,21)13-8-6-5-7-9-13/h5-11H,3-4,12H2,1-2H3. The van der Waals surface area contributed by atoms with Crippen LogP contribution in [0.1, 0.15) is 13.8 Å². The van der Waals surface area contributed by atoms with E-state index < -0.39 is 10.0 Å². The predicted molar refractivity (Wildman–Crippen MR) is 91.0 cm³/mol. The van der Waals surface area contributed by atoms with Gasteiger partial charge in [0.15, 0.2) is 5.13 Å². The summed E-state index contributed by atoms with van der Waals surface area (Å²) >= 11 is 1.19. The molecule has 0 saturated carbocycles. The molecule has 23 heavy (non-hydrogen) atoms. The zero-order chi connectivity index (χ0) is 16.9. The van der Waals surface area contributed by atoms with E-state index >= 15 is 0 Å². The zero-order valence-corrected chi connectivity index (χ0v) is 14.7. The highest BCUT2D eigenvalue weighted by Gasteiger charge is 2.29. The lowest BCUT2D eigenvalue weighted by atomic mass is 10.4. The molecule has 0 aliphatic rings. The Morgan fingerprint density at radius 1 is 1.17 bits per heavy atom. The summed E-state index contributed by atoms with van der Waals surface area (Å²) in [6.45, 7) is 4.53. The van der Waals surface area contributed by atoms with Crippen LogP contribution < -0.4 is 4.31 Å². The van der Waals surface area contributed by atoms with Crippen LogP contribution >= 0.6 is 11.3 Å². The van der Waals surface area contributed by atoms with E-state index in [9.17, 15) is 13.2 Å². The number of amides is 1. The number of hydrogen-bond donors (Lipinski definition) is 0. The third-order valence-corrected chi connectivity index (χ3v) is 6.02. The van der Waals surface area contributed by atoms with Crippen molar-refractivity contribution >= 4 is 32.4 Å². The summed E-state index contributed by atoms with van der Waals surface area (Å²) in [6, 6.07) is 8.07. The Kier molecular flexibility index (Phi) is 5.73. The van der Waals surface area contributed by atoms with Crippen molar-refractivity contribution in [2.45, 2.75) is 18.7 Å². The predicted octanol–water partition coefficient (Wildman–Crippen LogP) is 2.21. The average molecular weight is 353 g/mol. The summed E-state index contributed by atoms with van der Waals surface area (Å²) in [5.41, 5.74) is 0. The molecule has 0 spiro atoms. The molecule has 2 rings (SSSR count). The molecule has 1 heterocycles. The number of carbonyl (C=O) groups is 1. The van der Waals surface area contributed by atoms with E-state index in [-0.39, 0.29) is 22.5 Å². The molecule has 1 aromatic carbocycles. The fraction of sp³-hybridized carbons (Fsp3) is 0.333. The van der Waals surface area contributed by atoms with E-state index in [0.29, 0.717) is 13.1 Å². The van der Waals surface area contributed by atoms with Crippen LogP contribution in [0.5, 0.6) is 0 Å². The second kappa shape index (κ2) is 7.56. The number of sulfonamides is 1. The van der Waals surface area contributed by atoms with Gasteiger partial charge < -0.3 is 4.90 Å². The second-order valence-corrected chi connectivity index (χ2v) is 7.44. The van der Waals surface area contributed by atoms with E-state index in [2.05, 4.69) is 4.98 Å². The maximum Gasteiger partial charge on any atom is 0.266 e. The quantitative estimate of drug-likeness (QED) is 0.765. The molecule has 0 unspecified atom stereocenters. The number of thiazole rings is 1. The SMILES string of the molecule is CCN(CC)C(=O)CN(c1nccs1)S(=O)(=O)c1ccccc1. The first kappa shape index (κ1) is 17.4. The summed E-state index contributed by atoms with van der Waals surface area (Å²) in [5, 5.41) is 1.97. The molecule has 0 N–H and O–H groups in total. The number of rotatable bonds is 7. The molecule has 0 aliphatic heterocycles. The van der Waals surface area contributed by atoms with Gasteiger partial charge in [-0.1, -0.05) is 18.2 Å². The number of likely N-dealkylation sites (N-methyl/N-ethyl adjacent to an activating group) is 1. The van der Waals surface area contributed by atoms with Crippen molar-refractivity contribution in [3.8, 4) is 0 Å². The summed E-state index contributed by atoms with van der Waals surface area (Å²) in [7, 11) is -3.84. The van der Waals surface area contributed by atoms with Crippen LogP contribution in [0.15, 0.2) is 46.8 Å². The molecule has 8 heteroatoms. The van der Waals surface area contributed by atoms with E-state index in [1.165, 1.54) is 29.7 Å². The van der Waals surface area contributed by atoms with Crippen LogP contribution in [0.2, 0.25) is 0 Å². The minimum atomic E-state index is -3.84. The Morgan fingerprint density at radius 2 is 1.83 bits per heavy atom. The molecular formula is C15H19N3O3S2. The fourth-order valence-electron chi connectivity index (χ4n) is 2.11. The first-order valence-corrected chi connectivity index (χ1v) is 9.57. The van der Waals surface area contributed by atoms with Crippen molar-refractivity contribution in [3.05, 3.63) is 41.9 Å². The van der Waals surface area contributed by atoms with Crippen LogP contribution in [0.4, 0.5) is 5.13 Å². The van der Waals surface area contributed by atoms with Gasteiger partial charge in [-0.3, -0.25) is 4.79 Å². The lowest BCUT2D eigenvalue weighted by molar-refractivity contribution is -0.129. The Bertz CT molecular complexity index is 727. The van der Waals surface area contributed by atoms with Crippen molar-refractivity contribution in [2.24, 2.45) is 0 Å². The summed E-state index contributed by atoms with van der Waals surface area (Å²) < 4.78 is 26.9. The lowest BCUT2D eigenvalue weighted by Gasteiger charge is -2.25. The van der Waals surface area contributed by atoms with Gasteiger partial charge in [-0.05, 0) is 26.0 Å². The molecule has 0 bridgehead atoms. The van der Waals surface area contributed by atoms with E-state index in [1.54, 1.807) is 28.5 Å². The minimum Gasteiger partial charge on any atom is -0.342 e. The third kappa shape index (κ3) is 3.89. The first-order valence-electron chi connectivity index (χ1n) is 7.25. The number of aromatic nitrogens is 1. The van der Waals surface area contributed by atoms with Crippen molar-refractivity contribution in [1.29, 1.82) is 0 Å². The van der Waals surface area contributed by atoms with Crippen molar-refractivity contribution < 1.29 is 13.2 Å². The van der Waals surface area contributed by atoms with Gasteiger partial charge in [0.05, 0.1) is 4.90 Å². The Balaban J connectivity index is 2.38. The van der Waals surface area contributed by atoms with Crippen molar-refractivity contribution in [2.75, 3.05) is 23.9 Å². The monoisotopic (exact) mass is 353 g/mol. The van der Waals surface area contributed by atoms with Gasteiger partial charge in [-0.2, -0.15) is 0 Å². The topological polar surface area (TPSA) is 70.6 Å². The molecule has 2 aromatic rings. The number of benzene rings is 1. The number of carbonyl (C=O) groups excluding carboxylic acids is 1. The largest absolute Gasteiger partial charge is 0.342 e. The van der Waals surface area contributed by atoms with Gasteiger partial charge >= 0.3 is 0 Å². The minimum absolute atomic E-state index is 0.141. The molecular weight excluding hydrogens is 334 g/mol. The highest BCUT2D eigenvalue weighted by atomic mass is 32.2. The maximum atomic E-state index is 12.9. The number of hydrogen-bond acceptors (Lipinski definition) is 5. The van der Waals surface area contributed by atoms with Crippen molar-refractivity contribution in [1.82, 2.24) is 9.88 Å². The zero-order valence-electron chi connectivity index (χ0n) is 13.0. The molecule has 0 fully saturated rings. The van der Waals surface area contributed by atoms with Gasteiger partial charge in [0.25, 0.3) is 10.0 Å². The normalized spacial score (nSPS) is 11.2. The summed E-state index contributed by atoms with van der Waals surface area (Å²) in [5.74, 6) is -0.246. The van der Waals surface area contributed by atoms with Gasteiger partial charge in [0, 0.05) is 24.7 Å². The molecule has 0 radical (unpaired) electrons. The highest BCUT2D eigenvalue weighted by Crippen LogP contribution is 2.25. The van der Waals surface area contributed by atoms with Crippen LogP contribution in [-0.4, -0.2) is 43.8 Å². The molecule has 6 nitrogen and oxygen atoms in total. The average Bonchev–Trinajstić information content (AvgIpc) is 3.08. The molecule has 1 amide bonds. The molecule has 0 atom stereocenters. The molecule has 124 valence electrons. The van der Waals surface area contributed by atoms with Gasteiger partial charge in [0.1, 0.15) is 6.54 Å². The Labute approximate surface area is 140 Å². The van der Waals surface area contributed by atoms with Crippen LogP contribution in [0.3, 0.4) is 0 Å². The number of anilines is 1. The van der Waals surface area contributed by atoms with Gasteiger partial charge in [-0.15, -0.1) is 11.3 Å². The second-order valence-electron chi connectivity index (χ2n) is 4.71. The van der Waals surface area contributed by atoms with Crippen LogP contribution in [-0.2, 0) is 14.8 Å². The lowest BCUT2D eigenvalue weighted by Crippen LogP contribution is -2.43. The summed E-state index contributed by atoms with van der Waals surface area (Å²) in [6.07, 6.45) is 1.52.